The molecule has 0 saturated carbocycles. The number of hydrogen-bond acceptors (Lipinski definition) is 2. The van der Waals surface area contributed by atoms with Crippen LogP contribution in [0.25, 0.3) is 0 Å². The summed E-state index contributed by atoms with van der Waals surface area (Å²) in [6.07, 6.45) is 1.69. The lowest BCUT2D eigenvalue weighted by atomic mass is 9.86. The molecule has 2 unspecified atom stereocenters. The van der Waals surface area contributed by atoms with E-state index in [0.29, 0.717) is 0 Å². The highest BCUT2D eigenvalue weighted by atomic mass is 16.3. The number of benzene rings is 1. The van der Waals surface area contributed by atoms with Crippen molar-refractivity contribution in [3.8, 4) is 0 Å². The first-order valence-corrected chi connectivity index (χ1v) is 6.03. The fourth-order valence-corrected chi connectivity index (χ4v) is 2.28. The van der Waals surface area contributed by atoms with Crippen molar-refractivity contribution in [2.24, 2.45) is 5.73 Å². The Balaban J connectivity index is 3.00. The van der Waals surface area contributed by atoms with Crippen molar-refractivity contribution in [2.45, 2.75) is 45.6 Å². The normalized spacial score (nSPS) is 14.8. The summed E-state index contributed by atoms with van der Waals surface area (Å²) in [6, 6.07) is 6.66. The third-order valence-electron chi connectivity index (χ3n) is 3.10. The molecule has 2 nitrogen and oxygen atoms in total. The molecule has 1 aromatic rings. The number of aliphatic hydroxyl groups is 1. The fourth-order valence-electron chi connectivity index (χ4n) is 2.28. The summed E-state index contributed by atoms with van der Waals surface area (Å²) in [5, 5.41) is 9.13. The Kier molecular flexibility index (Phi) is 4.97. The Morgan fingerprint density at radius 1 is 1.19 bits per heavy atom. The Morgan fingerprint density at radius 3 is 2.19 bits per heavy atom. The number of hydrogen-bond donors (Lipinski definition) is 2. The standard InChI is InChI=1S/C14H23NO/c1-4-14(15)13(5-6-16)12-8-10(2)7-11(3)9-12/h7-9,13-14,16H,4-6,15H2,1-3H3. The van der Waals surface area contributed by atoms with E-state index in [2.05, 4.69) is 39.0 Å². The second-order valence-electron chi connectivity index (χ2n) is 4.61. The zero-order valence-electron chi connectivity index (χ0n) is 10.5. The van der Waals surface area contributed by atoms with Gasteiger partial charge >= 0.3 is 0 Å². The van der Waals surface area contributed by atoms with Crippen LogP contribution < -0.4 is 5.73 Å². The van der Waals surface area contributed by atoms with Gasteiger partial charge in [-0.25, -0.2) is 0 Å². The van der Waals surface area contributed by atoms with Gasteiger partial charge < -0.3 is 10.8 Å². The maximum atomic E-state index is 9.13. The first kappa shape index (κ1) is 13.2. The number of aryl methyl sites for hydroxylation is 2. The summed E-state index contributed by atoms with van der Waals surface area (Å²) in [4.78, 5) is 0. The third kappa shape index (κ3) is 3.32. The van der Waals surface area contributed by atoms with Crippen LogP contribution in [0.3, 0.4) is 0 Å². The Bertz CT molecular complexity index is 315. The average Bonchev–Trinajstić information content (AvgIpc) is 2.23. The number of aliphatic hydroxyl groups excluding tert-OH is 1. The Morgan fingerprint density at radius 2 is 1.75 bits per heavy atom. The van der Waals surface area contributed by atoms with Crippen molar-refractivity contribution in [1.29, 1.82) is 0 Å². The van der Waals surface area contributed by atoms with Crippen molar-refractivity contribution in [2.75, 3.05) is 6.61 Å². The van der Waals surface area contributed by atoms with Crippen LogP contribution in [0.2, 0.25) is 0 Å². The summed E-state index contributed by atoms with van der Waals surface area (Å²) < 4.78 is 0. The van der Waals surface area contributed by atoms with Gasteiger partial charge in [-0.3, -0.25) is 0 Å². The summed E-state index contributed by atoms with van der Waals surface area (Å²) in [5.74, 6) is 0.272. The summed E-state index contributed by atoms with van der Waals surface area (Å²) in [6.45, 7) is 6.50. The number of rotatable bonds is 5. The molecule has 0 bridgehead atoms. The SMILES string of the molecule is CCC(N)C(CCO)c1cc(C)cc(C)c1. The van der Waals surface area contributed by atoms with Gasteiger partial charge in [-0.2, -0.15) is 0 Å². The highest BCUT2D eigenvalue weighted by Crippen LogP contribution is 2.25. The monoisotopic (exact) mass is 221 g/mol. The van der Waals surface area contributed by atoms with Crippen molar-refractivity contribution in [3.63, 3.8) is 0 Å². The largest absolute Gasteiger partial charge is 0.396 e. The van der Waals surface area contributed by atoms with E-state index < -0.39 is 0 Å². The van der Waals surface area contributed by atoms with Crippen LogP contribution in [0, 0.1) is 13.8 Å². The minimum Gasteiger partial charge on any atom is -0.396 e. The second-order valence-corrected chi connectivity index (χ2v) is 4.61. The van der Waals surface area contributed by atoms with Crippen molar-refractivity contribution < 1.29 is 5.11 Å². The smallest absolute Gasteiger partial charge is 0.0437 e. The van der Waals surface area contributed by atoms with E-state index in [-0.39, 0.29) is 18.6 Å². The van der Waals surface area contributed by atoms with Crippen LogP contribution in [0.5, 0.6) is 0 Å². The summed E-state index contributed by atoms with van der Waals surface area (Å²) >= 11 is 0. The van der Waals surface area contributed by atoms with E-state index in [1.165, 1.54) is 16.7 Å². The average molecular weight is 221 g/mol. The predicted molar refractivity (Wildman–Crippen MR) is 68.6 cm³/mol. The van der Waals surface area contributed by atoms with Crippen molar-refractivity contribution >= 4 is 0 Å². The zero-order valence-corrected chi connectivity index (χ0v) is 10.5. The lowest BCUT2D eigenvalue weighted by Crippen LogP contribution is -2.28. The Labute approximate surface area is 98.5 Å². The molecule has 16 heavy (non-hydrogen) atoms. The Hall–Kier alpha value is -0.860. The quantitative estimate of drug-likeness (QED) is 0.802. The van der Waals surface area contributed by atoms with E-state index in [9.17, 15) is 0 Å². The molecule has 0 amide bonds. The molecule has 1 aromatic carbocycles. The van der Waals surface area contributed by atoms with E-state index >= 15 is 0 Å². The molecule has 0 aromatic heterocycles. The van der Waals surface area contributed by atoms with Crippen LogP contribution in [0.15, 0.2) is 18.2 Å². The van der Waals surface area contributed by atoms with Gasteiger partial charge in [0.2, 0.25) is 0 Å². The van der Waals surface area contributed by atoms with Gasteiger partial charge in [-0.1, -0.05) is 36.2 Å². The van der Waals surface area contributed by atoms with Gasteiger partial charge in [0.05, 0.1) is 0 Å². The molecule has 90 valence electrons. The van der Waals surface area contributed by atoms with Gasteiger partial charge in [0.1, 0.15) is 0 Å². The molecule has 0 spiro atoms. The van der Waals surface area contributed by atoms with E-state index in [1.807, 2.05) is 0 Å². The van der Waals surface area contributed by atoms with Gasteiger partial charge in [0.15, 0.2) is 0 Å². The van der Waals surface area contributed by atoms with Crippen molar-refractivity contribution in [1.82, 2.24) is 0 Å². The molecule has 1 rings (SSSR count). The number of nitrogens with two attached hydrogens (primary N) is 1. The van der Waals surface area contributed by atoms with Crippen LogP contribution in [0.1, 0.15) is 42.4 Å². The molecule has 0 aliphatic rings. The molecular formula is C14H23NO. The summed E-state index contributed by atoms with van der Waals surface area (Å²) in [7, 11) is 0. The third-order valence-corrected chi connectivity index (χ3v) is 3.10. The van der Waals surface area contributed by atoms with Gasteiger partial charge in [-0.05, 0) is 32.3 Å². The molecule has 0 fully saturated rings. The maximum Gasteiger partial charge on any atom is 0.0437 e. The molecule has 2 heteroatoms. The van der Waals surface area contributed by atoms with E-state index in [0.717, 1.165) is 12.8 Å². The highest BCUT2D eigenvalue weighted by molar-refractivity contribution is 5.31. The lowest BCUT2D eigenvalue weighted by Gasteiger charge is -2.23. The van der Waals surface area contributed by atoms with Crippen LogP contribution in [-0.2, 0) is 0 Å². The first-order valence-electron chi connectivity index (χ1n) is 6.03. The van der Waals surface area contributed by atoms with Gasteiger partial charge in [-0.15, -0.1) is 0 Å². The molecule has 0 aliphatic heterocycles. The topological polar surface area (TPSA) is 46.2 Å². The van der Waals surface area contributed by atoms with Crippen LogP contribution >= 0.6 is 0 Å². The molecule has 0 saturated heterocycles. The highest BCUT2D eigenvalue weighted by Gasteiger charge is 2.18. The molecule has 0 heterocycles. The van der Waals surface area contributed by atoms with E-state index in [4.69, 9.17) is 10.8 Å². The molecule has 0 aliphatic carbocycles. The molecule has 0 radical (unpaired) electrons. The van der Waals surface area contributed by atoms with Gasteiger partial charge in [0, 0.05) is 18.6 Å². The fraction of sp³-hybridized carbons (Fsp3) is 0.571. The van der Waals surface area contributed by atoms with E-state index in [1.54, 1.807) is 0 Å². The maximum absolute atomic E-state index is 9.13. The van der Waals surface area contributed by atoms with Crippen molar-refractivity contribution in [3.05, 3.63) is 34.9 Å². The summed E-state index contributed by atoms with van der Waals surface area (Å²) in [5.41, 5.74) is 9.92. The first-order chi connectivity index (χ1) is 7.58. The lowest BCUT2D eigenvalue weighted by molar-refractivity contribution is 0.266. The van der Waals surface area contributed by atoms with Crippen LogP contribution in [0.4, 0.5) is 0 Å². The minimum atomic E-state index is 0.133. The van der Waals surface area contributed by atoms with Crippen LogP contribution in [-0.4, -0.2) is 17.8 Å². The predicted octanol–water partition coefficient (Wildman–Crippen LogP) is 2.51. The van der Waals surface area contributed by atoms with Gasteiger partial charge in [0.25, 0.3) is 0 Å². The molecular weight excluding hydrogens is 198 g/mol. The zero-order chi connectivity index (χ0) is 12.1. The molecule has 2 atom stereocenters. The second kappa shape index (κ2) is 6.02. The molecule has 3 N–H and O–H groups in total. The minimum absolute atomic E-state index is 0.133.